The van der Waals surface area contributed by atoms with Crippen LogP contribution in [0.3, 0.4) is 0 Å². The van der Waals surface area contributed by atoms with Crippen molar-refractivity contribution in [3.63, 3.8) is 0 Å². The predicted molar refractivity (Wildman–Crippen MR) is 96.2 cm³/mol. The summed E-state index contributed by atoms with van der Waals surface area (Å²) in [4.78, 5) is 10.3. The maximum absolute atomic E-state index is 10.3. The van der Waals surface area contributed by atoms with Crippen LogP contribution < -0.4 is 0 Å². The molecule has 0 saturated carbocycles. The number of rotatable bonds is 16. The summed E-state index contributed by atoms with van der Waals surface area (Å²) in [6.45, 7) is 2.26. The summed E-state index contributed by atoms with van der Waals surface area (Å²) < 4.78 is 0. The molecule has 0 unspecified atom stereocenters. The molecule has 0 atom stereocenters. The molecule has 0 fully saturated rings. The Morgan fingerprint density at radius 3 is 1.50 bits per heavy atom. The van der Waals surface area contributed by atoms with Gasteiger partial charge in [0.2, 0.25) is 0 Å². The Bertz CT molecular complexity index is 292. The maximum atomic E-state index is 10.3. The molecule has 0 aromatic heterocycles. The highest BCUT2D eigenvalue weighted by atomic mass is 16.4. The third-order valence-corrected chi connectivity index (χ3v) is 3.81. The van der Waals surface area contributed by atoms with Crippen molar-refractivity contribution in [1.29, 1.82) is 0 Å². The van der Waals surface area contributed by atoms with Crippen LogP contribution in [0.25, 0.3) is 0 Å². The molecule has 0 aliphatic heterocycles. The average Bonchev–Trinajstić information content (AvgIpc) is 2.50. The zero-order chi connectivity index (χ0) is 16.3. The molecule has 0 saturated heterocycles. The summed E-state index contributed by atoms with van der Waals surface area (Å²) in [5.41, 5.74) is 0. The van der Waals surface area contributed by atoms with Crippen LogP contribution in [0.1, 0.15) is 96.8 Å². The van der Waals surface area contributed by atoms with E-state index >= 15 is 0 Å². The van der Waals surface area contributed by atoms with E-state index in [1.54, 1.807) is 0 Å². The van der Waals surface area contributed by atoms with Crippen molar-refractivity contribution in [2.24, 2.45) is 0 Å². The second kappa shape index (κ2) is 18.0. The highest BCUT2D eigenvalue weighted by molar-refractivity contribution is 5.66. The third kappa shape index (κ3) is 18.9. The van der Waals surface area contributed by atoms with Crippen LogP contribution in [0.4, 0.5) is 0 Å². The lowest BCUT2D eigenvalue weighted by Crippen LogP contribution is -1.92. The van der Waals surface area contributed by atoms with Gasteiger partial charge in [-0.3, -0.25) is 4.79 Å². The smallest absolute Gasteiger partial charge is 0.303 e. The van der Waals surface area contributed by atoms with Crippen LogP contribution >= 0.6 is 0 Å². The average molecular weight is 309 g/mol. The summed E-state index contributed by atoms with van der Waals surface area (Å²) >= 11 is 0. The van der Waals surface area contributed by atoms with Crippen molar-refractivity contribution in [3.05, 3.63) is 24.3 Å². The molecule has 128 valence electrons. The molecule has 1 N–H and O–H groups in total. The standard InChI is InChI=1S/C20H36O2/c1-2-3-4-5-6-7-8-9-10-11-12-13-14-15-16-17-18-19-20(21)22/h7-8,15-16H,2-6,9-14,17-19H2,1H3,(H,21,22)/b8-7?,16-15-. The SMILES string of the molecule is CCCCCCC=CCCCCCC/C=C\CCCC(=O)O. The van der Waals surface area contributed by atoms with Crippen LogP contribution in [0.15, 0.2) is 24.3 Å². The molecule has 0 amide bonds. The van der Waals surface area contributed by atoms with E-state index in [4.69, 9.17) is 5.11 Å². The van der Waals surface area contributed by atoms with Gasteiger partial charge in [0.1, 0.15) is 0 Å². The minimum Gasteiger partial charge on any atom is -0.481 e. The number of hydrogen-bond acceptors (Lipinski definition) is 1. The van der Waals surface area contributed by atoms with Crippen LogP contribution in [0.5, 0.6) is 0 Å². The molecule has 0 spiro atoms. The third-order valence-electron chi connectivity index (χ3n) is 3.81. The van der Waals surface area contributed by atoms with Crippen LogP contribution in [-0.2, 0) is 4.79 Å². The fraction of sp³-hybridized carbons (Fsp3) is 0.750. The van der Waals surface area contributed by atoms with Crippen molar-refractivity contribution in [2.45, 2.75) is 96.8 Å². The van der Waals surface area contributed by atoms with Crippen molar-refractivity contribution >= 4 is 5.97 Å². The first kappa shape index (κ1) is 20.9. The van der Waals surface area contributed by atoms with Gasteiger partial charge in [0.05, 0.1) is 0 Å². The van der Waals surface area contributed by atoms with Gasteiger partial charge >= 0.3 is 5.97 Å². The lowest BCUT2D eigenvalue weighted by atomic mass is 10.1. The predicted octanol–water partition coefficient (Wildman–Crippen LogP) is 6.66. The fourth-order valence-electron chi connectivity index (χ4n) is 2.41. The molecule has 0 rings (SSSR count). The van der Waals surface area contributed by atoms with Crippen molar-refractivity contribution in [2.75, 3.05) is 0 Å². The molecule has 22 heavy (non-hydrogen) atoms. The van der Waals surface area contributed by atoms with Gasteiger partial charge in [0.15, 0.2) is 0 Å². The first-order valence-electron chi connectivity index (χ1n) is 9.29. The minimum atomic E-state index is -0.691. The van der Waals surface area contributed by atoms with E-state index in [9.17, 15) is 4.79 Å². The van der Waals surface area contributed by atoms with Gasteiger partial charge in [-0.25, -0.2) is 0 Å². The summed E-state index contributed by atoms with van der Waals surface area (Å²) in [7, 11) is 0. The number of carboxylic acid groups (broad SMARTS) is 1. The van der Waals surface area contributed by atoms with Crippen LogP contribution in [0, 0.1) is 0 Å². The molecule has 0 aromatic rings. The van der Waals surface area contributed by atoms with Crippen molar-refractivity contribution < 1.29 is 9.90 Å². The van der Waals surface area contributed by atoms with Gasteiger partial charge in [-0.2, -0.15) is 0 Å². The topological polar surface area (TPSA) is 37.3 Å². The maximum Gasteiger partial charge on any atom is 0.303 e. The van der Waals surface area contributed by atoms with E-state index in [0.717, 1.165) is 19.3 Å². The Morgan fingerprint density at radius 1 is 0.682 bits per heavy atom. The summed E-state index contributed by atoms with van der Waals surface area (Å²) in [5, 5.41) is 8.51. The molecular weight excluding hydrogens is 272 g/mol. The van der Waals surface area contributed by atoms with E-state index < -0.39 is 5.97 Å². The second-order valence-corrected chi connectivity index (χ2v) is 6.07. The monoisotopic (exact) mass is 308 g/mol. The number of hydrogen-bond donors (Lipinski definition) is 1. The summed E-state index contributed by atoms with van der Waals surface area (Å²) in [6, 6.07) is 0. The Balaban J connectivity index is 3.15. The molecule has 2 heteroatoms. The first-order valence-corrected chi connectivity index (χ1v) is 9.29. The normalized spacial score (nSPS) is 11.7. The molecular formula is C20H36O2. The van der Waals surface area contributed by atoms with Gasteiger partial charge in [-0.15, -0.1) is 0 Å². The van der Waals surface area contributed by atoms with Crippen LogP contribution in [0.2, 0.25) is 0 Å². The quantitative estimate of drug-likeness (QED) is 0.255. The Morgan fingerprint density at radius 2 is 1.09 bits per heavy atom. The highest BCUT2D eigenvalue weighted by Crippen LogP contribution is 2.08. The number of aliphatic carboxylic acids is 1. The van der Waals surface area contributed by atoms with Crippen molar-refractivity contribution in [1.82, 2.24) is 0 Å². The van der Waals surface area contributed by atoms with Crippen molar-refractivity contribution in [3.8, 4) is 0 Å². The van der Waals surface area contributed by atoms with Gasteiger partial charge in [0, 0.05) is 6.42 Å². The summed E-state index contributed by atoms with van der Waals surface area (Å²) in [5.74, 6) is -0.691. The van der Waals surface area contributed by atoms with Gasteiger partial charge in [0.25, 0.3) is 0 Å². The lowest BCUT2D eigenvalue weighted by molar-refractivity contribution is -0.137. The van der Waals surface area contributed by atoms with E-state index in [1.807, 2.05) is 0 Å². The Labute approximate surface area is 137 Å². The molecule has 2 nitrogen and oxygen atoms in total. The molecule has 0 bridgehead atoms. The van der Waals surface area contributed by atoms with E-state index in [-0.39, 0.29) is 6.42 Å². The van der Waals surface area contributed by atoms with Gasteiger partial charge < -0.3 is 5.11 Å². The molecule has 0 aliphatic carbocycles. The number of unbranched alkanes of at least 4 members (excludes halogenated alkanes) is 10. The largest absolute Gasteiger partial charge is 0.481 e. The lowest BCUT2D eigenvalue weighted by Gasteiger charge is -1.98. The zero-order valence-corrected chi connectivity index (χ0v) is 14.6. The van der Waals surface area contributed by atoms with Gasteiger partial charge in [-0.05, 0) is 51.4 Å². The Kier molecular flexibility index (Phi) is 17.1. The van der Waals surface area contributed by atoms with E-state index in [0.29, 0.717) is 0 Å². The zero-order valence-electron chi connectivity index (χ0n) is 14.6. The fourth-order valence-corrected chi connectivity index (χ4v) is 2.41. The summed E-state index contributed by atoms with van der Waals surface area (Å²) in [6.07, 6.45) is 25.3. The second-order valence-electron chi connectivity index (χ2n) is 6.07. The van der Waals surface area contributed by atoms with E-state index in [1.165, 1.54) is 64.2 Å². The van der Waals surface area contributed by atoms with E-state index in [2.05, 4.69) is 31.2 Å². The molecule has 0 aliphatic rings. The Hall–Kier alpha value is -1.05. The molecule has 0 radical (unpaired) electrons. The van der Waals surface area contributed by atoms with Crippen LogP contribution in [-0.4, -0.2) is 11.1 Å². The first-order chi connectivity index (χ1) is 10.8. The molecule has 0 aromatic carbocycles. The number of carboxylic acids is 1. The van der Waals surface area contributed by atoms with Gasteiger partial charge in [-0.1, -0.05) is 63.3 Å². The number of allylic oxidation sites excluding steroid dienone is 4. The minimum absolute atomic E-state index is 0.288. The highest BCUT2D eigenvalue weighted by Gasteiger charge is 1.93. The number of carbonyl (C=O) groups is 1. The molecule has 0 heterocycles.